The summed E-state index contributed by atoms with van der Waals surface area (Å²) in [5.41, 5.74) is 4.76. The standard InChI is InChI=1S/C15H12O3/c16-14(15(17)18)12-7-3-6-11-10-5-2-1-4-9(10)8-13(11)12/h1-7,14,16H,8H2,(H,17,18). The molecule has 2 N–H and O–H groups in total. The van der Waals surface area contributed by atoms with Gasteiger partial charge in [0.25, 0.3) is 0 Å². The van der Waals surface area contributed by atoms with Crippen LogP contribution in [0.25, 0.3) is 11.1 Å². The zero-order valence-corrected chi connectivity index (χ0v) is 9.63. The van der Waals surface area contributed by atoms with Gasteiger partial charge in [-0.15, -0.1) is 0 Å². The average Bonchev–Trinajstić information content (AvgIpc) is 2.76. The maximum absolute atomic E-state index is 10.9. The van der Waals surface area contributed by atoms with E-state index < -0.39 is 12.1 Å². The van der Waals surface area contributed by atoms with Crippen LogP contribution in [0.4, 0.5) is 0 Å². The van der Waals surface area contributed by atoms with E-state index in [1.807, 2.05) is 30.3 Å². The molecular weight excluding hydrogens is 228 g/mol. The van der Waals surface area contributed by atoms with E-state index in [1.165, 1.54) is 5.56 Å². The topological polar surface area (TPSA) is 57.5 Å². The third-order valence-corrected chi connectivity index (χ3v) is 3.42. The molecular formula is C15H12O3. The molecule has 2 aromatic carbocycles. The number of carboxylic acids is 1. The van der Waals surface area contributed by atoms with Crippen LogP contribution in [0.15, 0.2) is 42.5 Å². The summed E-state index contributed by atoms with van der Waals surface area (Å²) in [5, 5.41) is 18.7. The van der Waals surface area contributed by atoms with Gasteiger partial charge in [-0.2, -0.15) is 0 Å². The lowest BCUT2D eigenvalue weighted by Crippen LogP contribution is -2.12. The van der Waals surface area contributed by atoms with Crippen LogP contribution in [-0.4, -0.2) is 16.2 Å². The molecule has 0 aliphatic heterocycles. The Balaban J connectivity index is 2.17. The highest BCUT2D eigenvalue weighted by molar-refractivity contribution is 5.81. The number of hydrogen-bond acceptors (Lipinski definition) is 2. The molecule has 0 spiro atoms. The van der Waals surface area contributed by atoms with Crippen molar-refractivity contribution in [3.8, 4) is 11.1 Å². The Hall–Kier alpha value is -2.13. The summed E-state index contributed by atoms with van der Waals surface area (Å²) >= 11 is 0. The molecule has 1 aliphatic rings. The monoisotopic (exact) mass is 240 g/mol. The van der Waals surface area contributed by atoms with Crippen LogP contribution in [0, 0.1) is 0 Å². The largest absolute Gasteiger partial charge is 0.479 e. The van der Waals surface area contributed by atoms with Crippen molar-refractivity contribution in [3.63, 3.8) is 0 Å². The minimum absolute atomic E-state index is 0.496. The van der Waals surface area contributed by atoms with E-state index in [0.717, 1.165) is 16.7 Å². The molecule has 0 fully saturated rings. The summed E-state index contributed by atoms with van der Waals surface area (Å²) in [6.07, 6.45) is -0.763. The third-order valence-electron chi connectivity index (χ3n) is 3.42. The molecule has 3 heteroatoms. The maximum Gasteiger partial charge on any atom is 0.337 e. The fourth-order valence-electron chi connectivity index (χ4n) is 2.57. The van der Waals surface area contributed by atoms with E-state index >= 15 is 0 Å². The van der Waals surface area contributed by atoms with Gasteiger partial charge in [0.15, 0.2) is 6.10 Å². The first-order valence-corrected chi connectivity index (χ1v) is 5.79. The van der Waals surface area contributed by atoms with Crippen LogP contribution in [-0.2, 0) is 11.2 Å². The number of carboxylic acid groups (broad SMARTS) is 1. The zero-order valence-electron chi connectivity index (χ0n) is 9.63. The minimum Gasteiger partial charge on any atom is -0.479 e. The van der Waals surface area contributed by atoms with Crippen LogP contribution in [0.3, 0.4) is 0 Å². The predicted molar refractivity (Wildman–Crippen MR) is 67.3 cm³/mol. The van der Waals surface area contributed by atoms with Gasteiger partial charge in [0.1, 0.15) is 0 Å². The molecule has 3 rings (SSSR count). The van der Waals surface area contributed by atoms with Crippen molar-refractivity contribution in [1.29, 1.82) is 0 Å². The lowest BCUT2D eigenvalue weighted by Gasteiger charge is -2.11. The van der Waals surface area contributed by atoms with Crippen LogP contribution in [0.5, 0.6) is 0 Å². The van der Waals surface area contributed by atoms with Gasteiger partial charge < -0.3 is 10.2 Å². The average molecular weight is 240 g/mol. The van der Waals surface area contributed by atoms with Gasteiger partial charge in [-0.05, 0) is 34.2 Å². The second-order valence-corrected chi connectivity index (χ2v) is 4.45. The second-order valence-electron chi connectivity index (χ2n) is 4.45. The van der Waals surface area contributed by atoms with Gasteiger partial charge in [-0.1, -0.05) is 42.5 Å². The second kappa shape index (κ2) is 3.96. The van der Waals surface area contributed by atoms with E-state index in [4.69, 9.17) is 5.11 Å². The summed E-state index contributed by atoms with van der Waals surface area (Å²) in [4.78, 5) is 10.9. The Kier molecular flexibility index (Phi) is 2.42. The third kappa shape index (κ3) is 1.52. The fourth-order valence-corrected chi connectivity index (χ4v) is 2.57. The summed E-state index contributed by atoms with van der Waals surface area (Å²) in [5.74, 6) is -1.21. The van der Waals surface area contributed by atoms with Crippen LogP contribution in [0.2, 0.25) is 0 Å². The van der Waals surface area contributed by atoms with Gasteiger partial charge in [0, 0.05) is 0 Å². The van der Waals surface area contributed by atoms with Crippen LogP contribution < -0.4 is 0 Å². The van der Waals surface area contributed by atoms with E-state index in [9.17, 15) is 9.90 Å². The van der Waals surface area contributed by atoms with Crippen LogP contribution >= 0.6 is 0 Å². The number of hydrogen-bond donors (Lipinski definition) is 2. The van der Waals surface area contributed by atoms with Gasteiger partial charge in [-0.3, -0.25) is 0 Å². The minimum atomic E-state index is -1.45. The van der Waals surface area contributed by atoms with Crippen molar-refractivity contribution in [2.45, 2.75) is 12.5 Å². The van der Waals surface area contributed by atoms with Crippen molar-refractivity contribution in [2.75, 3.05) is 0 Å². The number of benzene rings is 2. The maximum atomic E-state index is 10.9. The van der Waals surface area contributed by atoms with Crippen molar-refractivity contribution < 1.29 is 15.0 Å². The van der Waals surface area contributed by atoms with Crippen molar-refractivity contribution in [2.24, 2.45) is 0 Å². The molecule has 1 aliphatic carbocycles. The number of fused-ring (bicyclic) bond motifs is 3. The normalized spacial score (nSPS) is 13.8. The lowest BCUT2D eigenvalue weighted by molar-refractivity contribution is -0.147. The summed E-state index contributed by atoms with van der Waals surface area (Å²) < 4.78 is 0. The Morgan fingerprint density at radius 1 is 1.06 bits per heavy atom. The zero-order chi connectivity index (χ0) is 12.7. The highest BCUT2D eigenvalue weighted by Crippen LogP contribution is 2.39. The Bertz CT molecular complexity index is 631. The lowest BCUT2D eigenvalue weighted by atomic mass is 9.97. The first-order valence-electron chi connectivity index (χ1n) is 5.79. The van der Waals surface area contributed by atoms with Crippen molar-refractivity contribution >= 4 is 5.97 Å². The predicted octanol–water partition coefficient (Wildman–Crippen LogP) is 2.38. The summed E-state index contributed by atoms with van der Waals surface area (Å²) in [7, 11) is 0. The molecule has 3 nitrogen and oxygen atoms in total. The smallest absolute Gasteiger partial charge is 0.337 e. The van der Waals surface area contributed by atoms with Crippen molar-refractivity contribution in [1.82, 2.24) is 0 Å². The molecule has 0 heterocycles. The molecule has 1 unspecified atom stereocenters. The number of aliphatic hydroxyl groups excluding tert-OH is 1. The van der Waals surface area contributed by atoms with Crippen LogP contribution in [0.1, 0.15) is 22.8 Å². The van der Waals surface area contributed by atoms with Gasteiger partial charge >= 0.3 is 5.97 Å². The number of aliphatic hydroxyl groups is 1. The number of aliphatic carboxylic acids is 1. The Morgan fingerprint density at radius 3 is 2.56 bits per heavy atom. The molecule has 0 saturated heterocycles. The molecule has 2 aromatic rings. The van der Waals surface area contributed by atoms with Gasteiger partial charge in [-0.25, -0.2) is 4.79 Å². The SMILES string of the molecule is O=C(O)C(O)c1cccc2c1Cc1ccccc1-2. The molecule has 18 heavy (non-hydrogen) atoms. The van der Waals surface area contributed by atoms with Crippen molar-refractivity contribution in [3.05, 3.63) is 59.2 Å². The Morgan fingerprint density at radius 2 is 1.78 bits per heavy atom. The summed E-state index contributed by atoms with van der Waals surface area (Å²) in [6.45, 7) is 0. The highest BCUT2D eigenvalue weighted by Gasteiger charge is 2.26. The van der Waals surface area contributed by atoms with E-state index in [2.05, 4.69) is 0 Å². The first kappa shape index (κ1) is 11.0. The molecule has 1 atom stereocenters. The summed E-state index contributed by atoms with van der Waals surface area (Å²) in [6, 6.07) is 13.4. The molecule has 0 amide bonds. The molecule has 0 aromatic heterocycles. The molecule has 90 valence electrons. The molecule has 0 saturated carbocycles. The molecule has 0 bridgehead atoms. The van der Waals surface area contributed by atoms with E-state index in [1.54, 1.807) is 12.1 Å². The number of rotatable bonds is 2. The highest BCUT2D eigenvalue weighted by atomic mass is 16.4. The number of carbonyl (C=O) groups is 1. The fraction of sp³-hybridized carbons (Fsp3) is 0.133. The van der Waals surface area contributed by atoms with Gasteiger partial charge in [0.05, 0.1) is 0 Å². The van der Waals surface area contributed by atoms with Gasteiger partial charge in [0.2, 0.25) is 0 Å². The quantitative estimate of drug-likeness (QED) is 0.723. The van der Waals surface area contributed by atoms with E-state index in [-0.39, 0.29) is 0 Å². The molecule has 0 radical (unpaired) electrons. The van der Waals surface area contributed by atoms with E-state index in [0.29, 0.717) is 12.0 Å². The Labute approximate surface area is 104 Å². The first-order chi connectivity index (χ1) is 8.68.